The summed E-state index contributed by atoms with van der Waals surface area (Å²) in [6, 6.07) is 0. The summed E-state index contributed by atoms with van der Waals surface area (Å²) in [5.41, 5.74) is 0. The lowest BCUT2D eigenvalue weighted by Crippen LogP contribution is -2.27. The fourth-order valence-electron chi connectivity index (χ4n) is 1.45. The first-order valence-corrected chi connectivity index (χ1v) is 6.65. The molecule has 0 saturated heterocycles. The SMILES string of the molecule is CCCC/C=C/CC(C(=O)OCC)C(=O)OCC. The first kappa shape index (κ1) is 16.7. The first-order chi connectivity index (χ1) is 8.67. The molecule has 0 spiro atoms. The Balaban J connectivity index is 4.33. The number of esters is 2. The number of allylic oxidation sites excluding steroid dienone is 2. The molecule has 0 aromatic heterocycles. The summed E-state index contributed by atoms with van der Waals surface area (Å²) in [6.07, 6.45) is 7.41. The summed E-state index contributed by atoms with van der Waals surface area (Å²) in [5.74, 6) is -1.84. The van der Waals surface area contributed by atoms with Gasteiger partial charge in [-0.3, -0.25) is 9.59 Å². The predicted octanol–water partition coefficient (Wildman–Crippen LogP) is 2.87. The van der Waals surface area contributed by atoms with Crippen molar-refractivity contribution in [2.45, 2.75) is 46.5 Å². The summed E-state index contributed by atoms with van der Waals surface area (Å²) in [4.78, 5) is 23.2. The molecule has 0 aliphatic rings. The van der Waals surface area contributed by atoms with Crippen LogP contribution in [0.25, 0.3) is 0 Å². The first-order valence-electron chi connectivity index (χ1n) is 6.65. The second-order valence-electron chi connectivity index (χ2n) is 3.91. The monoisotopic (exact) mass is 256 g/mol. The Morgan fingerprint density at radius 2 is 1.56 bits per heavy atom. The minimum absolute atomic E-state index is 0.272. The van der Waals surface area contributed by atoms with Gasteiger partial charge in [0.2, 0.25) is 0 Å². The second kappa shape index (κ2) is 10.8. The van der Waals surface area contributed by atoms with Crippen LogP contribution in [-0.2, 0) is 19.1 Å². The van der Waals surface area contributed by atoms with Crippen LogP contribution in [-0.4, -0.2) is 25.2 Å². The van der Waals surface area contributed by atoms with Crippen molar-refractivity contribution in [1.29, 1.82) is 0 Å². The molecule has 0 rings (SSSR count). The molecule has 0 aliphatic heterocycles. The average molecular weight is 256 g/mol. The molecule has 0 saturated carbocycles. The van der Waals surface area contributed by atoms with Crippen LogP contribution in [0, 0.1) is 5.92 Å². The topological polar surface area (TPSA) is 52.6 Å². The van der Waals surface area contributed by atoms with E-state index in [0.29, 0.717) is 6.42 Å². The highest BCUT2D eigenvalue weighted by Gasteiger charge is 2.27. The zero-order valence-electron chi connectivity index (χ0n) is 11.6. The quantitative estimate of drug-likeness (QED) is 0.275. The predicted molar refractivity (Wildman–Crippen MR) is 70.0 cm³/mol. The zero-order valence-corrected chi connectivity index (χ0v) is 11.6. The van der Waals surface area contributed by atoms with Crippen LogP contribution in [0.4, 0.5) is 0 Å². The van der Waals surface area contributed by atoms with Crippen LogP contribution in [0.3, 0.4) is 0 Å². The maximum atomic E-state index is 11.6. The second-order valence-corrected chi connectivity index (χ2v) is 3.91. The normalized spacial score (nSPS) is 10.9. The van der Waals surface area contributed by atoms with Gasteiger partial charge in [-0.15, -0.1) is 0 Å². The van der Waals surface area contributed by atoms with Crippen molar-refractivity contribution < 1.29 is 19.1 Å². The standard InChI is InChI=1S/C14H24O4/c1-4-7-8-9-10-11-12(13(15)17-5-2)14(16)18-6-3/h9-10,12H,4-8,11H2,1-3H3/b10-9+. The van der Waals surface area contributed by atoms with Gasteiger partial charge >= 0.3 is 11.9 Å². The van der Waals surface area contributed by atoms with Gasteiger partial charge in [0.05, 0.1) is 13.2 Å². The van der Waals surface area contributed by atoms with E-state index in [0.717, 1.165) is 19.3 Å². The van der Waals surface area contributed by atoms with Crippen molar-refractivity contribution in [2.75, 3.05) is 13.2 Å². The third kappa shape index (κ3) is 7.09. The number of carbonyl (C=O) groups excluding carboxylic acids is 2. The maximum absolute atomic E-state index is 11.6. The number of hydrogen-bond donors (Lipinski definition) is 0. The summed E-state index contributed by atoms with van der Waals surface area (Å²) in [5, 5.41) is 0. The van der Waals surface area contributed by atoms with Crippen molar-refractivity contribution >= 4 is 11.9 Å². The Kier molecular flexibility index (Phi) is 10.0. The van der Waals surface area contributed by atoms with Crippen LogP contribution >= 0.6 is 0 Å². The van der Waals surface area contributed by atoms with Gasteiger partial charge in [-0.25, -0.2) is 0 Å². The van der Waals surface area contributed by atoms with E-state index in [2.05, 4.69) is 6.92 Å². The van der Waals surface area contributed by atoms with Crippen LogP contribution in [0.2, 0.25) is 0 Å². The van der Waals surface area contributed by atoms with Gasteiger partial charge in [-0.2, -0.15) is 0 Å². The molecule has 0 amide bonds. The number of rotatable bonds is 9. The van der Waals surface area contributed by atoms with Crippen molar-refractivity contribution in [3.63, 3.8) is 0 Å². The van der Waals surface area contributed by atoms with Crippen molar-refractivity contribution in [3.8, 4) is 0 Å². The Hall–Kier alpha value is -1.32. The van der Waals surface area contributed by atoms with E-state index in [-0.39, 0.29) is 13.2 Å². The minimum Gasteiger partial charge on any atom is -0.465 e. The molecular weight excluding hydrogens is 232 g/mol. The van der Waals surface area contributed by atoms with Crippen LogP contribution < -0.4 is 0 Å². The third-order valence-electron chi connectivity index (χ3n) is 2.41. The highest BCUT2D eigenvalue weighted by atomic mass is 16.6. The Labute approximate surface area is 109 Å². The molecule has 0 aliphatic carbocycles. The number of unbranched alkanes of at least 4 members (excludes halogenated alkanes) is 2. The van der Waals surface area contributed by atoms with E-state index in [1.54, 1.807) is 13.8 Å². The third-order valence-corrected chi connectivity index (χ3v) is 2.41. The van der Waals surface area contributed by atoms with Gasteiger partial charge in [-0.05, 0) is 26.7 Å². The van der Waals surface area contributed by atoms with E-state index >= 15 is 0 Å². The van der Waals surface area contributed by atoms with Gasteiger partial charge in [0.25, 0.3) is 0 Å². The maximum Gasteiger partial charge on any atom is 0.320 e. The zero-order chi connectivity index (χ0) is 13.8. The lowest BCUT2D eigenvalue weighted by Gasteiger charge is -2.12. The molecule has 18 heavy (non-hydrogen) atoms. The van der Waals surface area contributed by atoms with Gasteiger partial charge in [-0.1, -0.05) is 31.9 Å². The van der Waals surface area contributed by atoms with Crippen LogP contribution in [0.1, 0.15) is 46.5 Å². The molecule has 0 radical (unpaired) electrons. The molecule has 0 aromatic rings. The highest BCUT2D eigenvalue weighted by molar-refractivity contribution is 5.95. The highest BCUT2D eigenvalue weighted by Crippen LogP contribution is 2.10. The Bertz CT molecular complexity index is 253. The van der Waals surface area contributed by atoms with Crippen LogP contribution in [0.5, 0.6) is 0 Å². The summed E-state index contributed by atoms with van der Waals surface area (Å²) < 4.78 is 9.75. The molecule has 0 bridgehead atoms. The van der Waals surface area contributed by atoms with Crippen LogP contribution in [0.15, 0.2) is 12.2 Å². The van der Waals surface area contributed by atoms with E-state index in [1.165, 1.54) is 0 Å². The summed E-state index contributed by atoms with van der Waals surface area (Å²) in [7, 11) is 0. The Morgan fingerprint density at radius 1 is 1.00 bits per heavy atom. The van der Waals surface area contributed by atoms with Gasteiger partial charge in [0, 0.05) is 0 Å². The molecule has 0 fully saturated rings. The van der Waals surface area contributed by atoms with E-state index in [9.17, 15) is 9.59 Å². The molecule has 4 nitrogen and oxygen atoms in total. The molecule has 0 aromatic carbocycles. The van der Waals surface area contributed by atoms with Gasteiger partial charge in [0.15, 0.2) is 5.92 Å². The number of carbonyl (C=O) groups is 2. The molecule has 0 unspecified atom stereocenters. The number of ether oxygens (including phenoxy) is 2. The molecule has 0 N–H and O–H groups in total. The molecule has 4 heteroatoms. The Morgan fingerprint density at radius 3 is 2.00 bits per heavy atom. The average Bonchev–Trinajstić information content (AvgIpc) is 2.34. The van der Waals surface area contributed by atoms with E-state index in [1.807, 2.05) is 12.2 Å². The molecule has 0 heterocycles. The minimum atomic E-state index is -0.831. The van der Waals surface area contributed by atoms with E-state index < -0.39 is 17.9 Å². The van der Waals surface area contributed by atoms with E-state index in [4.69, 9.17) is 9.47 Å². The van der Waals surface area contributed by atoms with Crippen molar-refractivity contribution in [3.05, 3.63) is 12.2 Å². The smallest absolute Gasteiger partial charge is 0.320 e. The lowest BCUT2D eigenvalue weighted by atomic mass is 10.1. The fourth-order valence-corrected chi connectivity index (χ4v) is 1.45. The summed E-state index contributed by atoms with van der Waals surface area (Å²) >= 11 is 0. The van der Waals surface area contributed by atoms with Crippen molar-refractivity contribution in [2.24, 2.45) is 5.92 Å². The molecule has 104 valence electrons. The van der Waals surface area contributed by atoms with Gasteiger partial charge in [0.1, 0.15) is 0 Å². The molecule has 0 atom stereocenters. The molecular formula is C14H24O4. The fraction of sp³-hybridized carbons (Fsp3) is 0.714. The summed E-state index contributed by atoms with van der Waals surface area (Å²) in [6.45, 7) is 6.10. The van der Waals surface area contributed by atoms with Crippen molar-refractivity contribution in [1.82, 2.24) is 0 Å². The largest absolute Gasteiger partial charge is 0.465 e. The van der Waals surface area contributed by atoms with Gasteiger partial charge < -0.3 is 9.47 Å². The number of hydrogen-bond acceptors (Lipinski definition) is 4. The lowest BCUT2D eigenvalue weighted by molar-refractivity contribution is -0.161.